The van der Waals surface area contributed by atoms with E-state index < -0.39 is 0 Å². The zero-order valence-corrected chi connectivity index (χ0v) is 16.7. The van der Waals surface area contributed by atoms with Gasteiger partial charge in [0, 0.05) is 38.6 Å². The van der Waals surface area contributed by atoms with E-state index in [0.29, 0.717) is 44.5 Å². The van der Waals surface area contributed by atoms with Gasteiger partial charge in [-0.25, -0.2) is 0 Å². The standard InChI is InChI=1S/C20H35N3O3/c1-4-21-9-6-20(19(25)23-11-13-26-14-12-23)7-10-22(8-5-17(20)21)18(24)15-16(2)3/h16-17H,4-15H2,1-3H3/t17-,20-/m1/s1. The van der Waals surface area contributed by atoms with Crippen molar-refractivity contribution < 1.29 is 14.3 Å². The molecule has 6 nitrogen and oxygen atoms in total. The van der Waals surface area contributed by atoms with Gasteiger partial charge in [-0.2, -0.15) is 0 Å². The minimum atomic E-state index is -0.319. The van der Waals surface area contributed by atoms with Crippen molar-refractivity contribution in [1.29, 1.82) is 0 Å². The molecule has 0 unspecified atom stereocenters. The third-order valence-corrected chi connectivity index (χ3v) is 6.49. The van der Waals surface area contributed by atoms with Crippen LogP contribution in [0.3, 0.4) is 0 Å². The minimum Gasteiger partial charge on any atom is -0.378 e. The Morgan fingerprint density at radius 3 is 2.38 bits per heavy atom. The predicted molar refractivity (Wildman–Crippen MR) is 101 cm³/mol. The van der Waals surface area contributed by atoms with Crippen LogP contribution in [0.15, 0.2) is 0 Å². The molecule has 6 heteroatoms. The first-order valence-corrected chi connectivity index (χ1v) is 10.4. The molecule has 26 heavy (non-hydrogen) atoms. The summed E-state index contributed by atoms with van der Waals surface area (Å²) in [6.07, 6.45) is 3.24. The molecule has 0 spiro atoms. The van der Waals surface area contributed by atoms with Crippen LogP contribution >= 0.6 is 0 Å². The number of fused-ring (bicyclic) bond motifs is 1. The molecule has 0 saturated carbocycles. The van der Waals surface area contributed by atoms with E-state index in [1.54, 1.807) is 0 Å². The molecule has 3 saturated heterocycles. The van der Waals surface area contributed by atoms with Crippen LogP contribution in [0.1, 0.15) is 46.5 Å². The van der Waals surface area contributed by atoms with Crippen LogP contribution in [0, 0.1) is 11.3 Å². The lowest BCUT2D eigenvalue weighted by Crippen LogP contribution is -2.53. The van der Waals surface area contributed by atoms with E-state index in [1.807, 2.05) is 9.80 Å². The molecule has 0 radical (unpaired) electrons. The third kappa shape index (κ3) is 3.77. The fourth-order valence-electron chi connectivity index (χ4n) is 5.03. The molecule has 0 aliphatic carbocycles. The van der Waals surface area contributed by atoms with Crippen molar-refractivity contribution in [1.82, 2.24) is 14.7 Å². The van der Waals surface area contributed by atoms with Gasteiger partial charge in [0.25, 0.3) is 0 Å². The number of hydrogen-bond donors (Lipinski definition) is 0. The van der Waals surface area contributed by atoms with E-state index in [2.05, 4.69) is 25.7 Å². The highest BCUT2D eigenvalue weighted by Gasteiger charge is 2.54. The summed E-state index contributed by atoms with van der Waals surface area (Å²) in [4.78, 5) is 32.7. The molecular formula is C20H35N3O3. The fourth-order valence-corrected chi connectivity index (χ4v) is 5.03. The Labute approximate surface area is 157 Å². The number of nitrogens with zero attached hydrogens (tertiary/aromatic N) is 3. The maximum atomic E-state index is 13.6. The molecule has 3 aliphatic heterocycles. The molecule has 2 amide bonds. The summed E-state index contributed by atoms with van der Waals surface area (Å²) >= 11 is 0. The number of rotatable bonds is 4. The number of amides is 2. The Bertz CT molecular complexity index is 518. The van der Waals surface area contributed by atoms with Crippen LogP contribution in [0.4, 0.5) is 0 Å². The summed E-state index contributed by atoms with van der Waals surface area (Å²) in [6.45, 7) is 12.5. The van der Waals surface area contributed by atoms with E-state index in [4.69, 9.17) is 4.74 Å². The molecule has 3 rings (SSSR count). The summed E-state index contributed by atoms with van der Waals surface area (Å²) < 4.78 is 5.44. The van der Waals surface area contributed by atoms with Crippen molar-refractivity contribution >= 4 is 11.8 Å². The van der Waals surface area contributed by atoms with Crippen molar-refractivity contribution in [2.45, 2.75) is 52.5 Å². The Morgan fingerprint density at radius 1 is 1.04 bits per heavy atom. The van der Waals surface area contributed by atoms with Crippen molar-refractivity contribution in [3.05, 3.63) is 0 Å². The lowest BCUT2D eigenvalue weighted by atomic mass is 9.75. The van der Waals surface area contributed by atoms with Gasteiger partial charge in [-0.1, -0.05) is 20.8 Å². The first-order valence-electron chi connectivity index (χ1n) is 10.4. The lowest BCUT2D eigenvalue weighted by Gasteiger charge is -2.40. The van der Waals surface area contributed by atoms with E-state index in [9.17, 15) is 9.59 Å². The van der Waals surface area contributed by atoms with Crippen LogP contribution in [0.25, 0.3) is 0 Å². The van der Waals surface area contributed by atoms with Crippen LogP contribution in [-0.2, 0) is 14.3 Å². The molecule has 3 fully saturated rings. The van der Waals surface area contributed by atoms with E-state index in [0.717, 1.165) is 45.4 Å². The quantitative estimate of drug-likeness (QED) is 0.759. The highest BCUT2D eigenvalue weighted by molar-refractivity contribution is 5.84. The molecule has 3 heterocycles. The second-order valence-electron chi connectivity index (χ2n) is 8.47. The average molecular weight is 366 g/mol. The van der Waals surface area contributed by atoms with Gasteiger partial charge in [0.05, 0.1) is 18.6 Å². The highest BCUT2D eigenvalue weighted by atomic mass is 16.5. The molecule has 0 aromatic carbocycles. The van der Waals surface area contributed by atoms with Gasteiger partial charge in [0.1, 0.15) is 0 Å². The Hall–Kier alpha value is -1.14. The number of hydrogen-bond acceptors (Lipinski definition) is 4. The summed E-state index contributed by atoms with van der Waals surface area (Å²) in [5.74, 6) is 0.929. The normalized spacial score (nSPS) is 30.4. The molecule has 3 aliphatic rings. The molecule has 148 valence electrons. The number of ether oxygens (including phenoxy) is 1. The topological polar surface area (TPSA) is 53.1 Å². The monoisotopic (exact) mass is 365 g/mol. The maximum Gasteiger partial charge on any atom is 0.230 e. The first-order chi connectivity index (χ1) is 12.5. The van der Waals surface area contributed by atoms with E-state index >= 15 is 0 Å². The summed E-state index contributed by atoms with van der Waals surface area (Å²) in [6, 6.07) is 0.264. The van der Waals surface area contributed by atoms with Gasteiger partial charge in [-0.3, -0.25) is 14.5 Å². The second-order valence-corrected chi connectivity index (χ2v) is 8.47. The van der Waals surface area contributed by atoms with E-state index in [-0.39, 0.29) is 17.4 Å². The highest BCUT2D eigenvalue weighted by Crippen LogP contribution is 2.45. The summed E-state index contributed by atoms with van der Waals surface area (Å²) in [5.41, 5.74) is -0.319. The van der Waals surface area contributed by atoms with Gasteiger partial charge >= 0.3 is 0 Å². The third-order valence-electron chi connectivity index (χ3n) is 6.49. The molecule has 2 atom stereocenters. The van der Waals surface area contributed by atoms with Gasteiger partial charge in [0.2, 0.25) is 11.8 Å². The number of carbonyl (C=O) groups is 2. The number of likely N-dealkylation sites (tertiary alicyclic amines) is 2. The summed E-state index contributed by atoms with van der Waals surface area (Å²) in [5, 5.41) is 0. The van der Waals surface area contributed by atoms with E-state index in [1.165, 1.54) is 0 Å². The van der Waals surface area contributed by atoms with Crippen LogP contribution < -0.4 is 0 Å². The van der Waals surface area contributed by atoms with Crippen molar-refractivity contribution in [3.8, 4) is 0 Å². The molecule has 0 bridgehead atoms. The van der Waals surface area contributed by atoms with Crippen LogP contribution in [-0.4, -0.2) is 85.0 Å². The zero-order valence-electron chi connectivity index (χ0n) is 16.7. The Kier molecular flexibility index (Phi) is 6.23. The maximum absolute atomic E-state index is 13.6. The Morgan fingerprint density at radius 2 is 1.73 bits per heavy atom. The lowest BCUT2D eigenvalue weighted by molar-refractivity contribution is -0.148. The van der Waals surface area contributed by atoms with Gasteiger partial charge in [-0.05, 0) is 38.3 Å². The average Bonchev–Trinajstić information content (AvgIpc) is 2.88. The molecule has 0 aromatic rings. The van der Waals surface area contributed by atoms with Crippen molar-refractivity contribution in [2.75, 3.05) is 52.5 Å². The largest absolute Gasteiger partial charge is 0.378 e. The smallest absolute Gasteiger partial charge is 0.230 e. The predicted octanol–water partition coefficient (Wildman–Crippen LogP) is 1.59. The number of morpholine rings is 1. The van der Waals surface area contributed by atoms with Crippen molar-refractivity contribution in [3.63, 3.8) is 0 Å². The summed E-state index contributed by atoms with van der Waals surface area (Å²) in [7, 11) is 0. The number of carbonyl (C=O) groups excluding carboxylic acids is 2. The minimum absolute atomic E-state index is 0.247. The fraction of sp³-hybridized carbons (Fsp3) is 0.900. The molecule has 0 N–H and O–H groups in total. The SMILES string of the molecule is CCN1CC[C@@]2(C(=O)N3CCOCC3)CCN(C(=O)CC(C)C)CC[C@@H]12. The van der Waals surface area contributed by atoms with Crippen LogP contribution in [0.5, 0.6) is 0 Å². The molecule has 0 aromatic heterocycles. The van der Waals surface area contributed by atoms with Gasteiger partial charge < -0.3 is 14.5 Å². The van der Waals surface area contributed by atoms with Gasteiger partial charge in [-0.15, -0.1) is 0 Å². The second kappa shape index (κ2) is 8.26. The molecular weight excluding hydrogens is 330 g/mol. The van der Waals surface area contributed by atoms with Crippen LogP contribution in [0.2, 0.25) is 0 Å². The van der Waals surface area contributed by atoms with Gasteiger partial charge in [0.15, 0.2) is 0 Å². The van der Waals surface area contributed by atoms with Crippen molar-refractivity contribution in [2.24, 2.45) is 11.3 Å². The Balaban J connectivity index is 1.79. The first kappa shape index (κ1) is 19.6. The zero-order chi connectivity index (χ0) is 18.7.